The summed E-state index contributed by atoms with van der Waals surface area (Å²) in [5.41, 5.74) is 2.59. The van der Waals surface area contributed by atoms with Crippen molar-refractivity contribution in [3.8, 4) is 0 Å². The molecule has 0 unspecified atom stereocenters. The first-order valence-corrected chi connectivity index (χ1v) is 8.48. The monoisotopic (exact) mass is 460 g/mol. The number of carbonyl (C=O) groups excluding carboxylic acids is 1. The normalized spacial score (nSPS) is 15.3. The number of hydrogen-bond donors (Lipinski definition) is 2. The van der Waals surface area contributed by atoms with Crippen LogP contribution in [0.15, 0.2) is 29.3 Å². The zero-order valence-electron chi connectivity index (χ0n) is 15.2. The molecule has 1 aromatic rings. The van der Waals surface area contributed by atoms with E-state index in [0.717, 1.165) is 31.8 Å². The number of ether oxygens (including phenoxy) is 1. The molecule has 0 bridgehead atoms. The summed E-state index contributed by atoms with van der Waals surface area (Å²) < 4.78 is 4.76. The Kier molecular flexibility index (Phi) is 9.62. The summed E-state index contributed by atoms with van der Waals surface area (Å²) >= 11 is 0. The molecule has 2 rings (SSSR count). The molecule has 0 saturated carbocycles. The van der Waals surface area contributed by atoms with Gasteiger partial charge in [-0.25, -0.2) is 4.79 Å². The number of guanidine groups is 1. The van der Waals surface area contributed by atoms with E-state index < -0.39 is 0 Å². The smallest absolute Gasteiger partial charge is 0.409 e. The van der Waals surface area contributed by atoms with E-state index in [4.69, 9.17) is 4.74 Å². The van der Waals surface area contributed by atoms with Gasteiger partial charge < -0.3 is 20.3 Å². The summed E-state index contributed by atoms with van der Waals surface area (Å²) in [4.78, 5) is 17.5. The molecule has 25 heavy (non-hydrogen) atoms. The van der Waals surface area contributed by atoms with Gasteiger partial charge >= 0.3 is 6.09 Å². The number of nitrogens with zero attached hydrogens (tertiary/aromatic N) is 2. The fourth-order valence-corrected chi connectivity index (χ4v) is 2.80. The summed E-state index contributed by atoms with van der Waals surface area (Å²) in [6, 6.07) is 8.93. The average molecular weight is 460 g/mol. The van der Waals surface area contributed by atoms with Gasteiger partial charge in [0.05, 0.1) is 7.11 Å². The van der Waals surface area contributed by atoms with Crippen molar-refractivity contribution >= 4 is 36.0 Å². The summed E-state index contributed by atoms with van der Waals surface area (Å²) in [5, 5.41) is 6.80. The first-order chi connectivity index (χ1) is 11.6. The maximum absolute atomic E-state index is 11.5. The SMILES string of the molecule is CN=C(NCCc1ccc(C)cc1)NC1CCN(C(=O)OC)CC1.I. The lowest BCUT2D eigenvalue weighted by Crippen LogP contribution is -2.50. The topological polar surface area (TPSA) is 66.0 Å². The van der Waals surface area contributed by atoms with E-state index in [9.17, 15) is 4.79 Å². The number of amides is 1. The Morgan fingerprint density at radius 2 is 1.92 bits per heavy atom. The van der Waals surface area contributed by atoms with Crippen LogP contribution in [-0.4, -0.2) is 56.8 Å². The molecule has 1 aliphatic heterocycles. The maximum atomic E-state index is 11.5. The van der Waals surface area contributed by atoms with Crippen molar-refractivity contribution in [2.24, 2.45) is 4.99 Å². The molecule has 0 atom stereocenters. The molecular weight excluding hydrogens is 431 g/mol. The molecule has 0 radical (unpaired) electrons. The van der Waals surface area contributed by atoms with Gasteiger partial charge in [0.2, 0.25) is 0 Å². The average Bonchev–Trinajstić information content (AvgIpc) is 2.62. The lowest BCUT2D eigenvalue weighted by atomic mass is 10.1. The van der Waals surface area contributed by atoms with Crippen molar-refractivity contribution in [2.75, 3.05) is 33.8 Å². The van der Waals surface area contributed by atoms with Crippen LogP contribution >= 0.6 is 24.0 Å². The quantitative estimate of drug-likeness (QED) is 0.412. The van der Waals surface area contributed by atoms with E-state index in [1.807, 2.05) is 0 Å². The third kappa shape index (κ3) is 7.09. The van der Waals surface area contributed by atoms with E-state index in [1.165, 1.54) is 18.2 Å². The van der Waals surface area contributed by atoms with Gasteiger partial charge in [0.15, 0.2) is 5.96 Å². The predicted molar refractivity (Wildman–Crippen MR) is 112 cm³/mol. The third-order valence-corrected chi connectivity index (χ3v) is 4.32. The Balaban J connectivity index is 0.00000312. The van der Waals surface area contributed by atoms with Crippen LogP contribution in [0.25, 0.3) is 0 Å². The van der Waals surface area contributed by atoms with Gasteiger partial charge in [-0.2, -0.15) is 0 Å². The molecule has 0 aromatic heterocycles. The van der Waals surface area contributed by atoms with Crippen molar-refractivity contribution < 1.29 is 9.53 Å². The summed E-state index contributed by atoms with van der Waals surface area (Å²) in [6.45, 7) is 4.36. The van der Waals surface area contributed by atoms with E-state index in [1.54, 1.807) is 11.9 Å². The predicted octanol–water partition coefficient (Wildman–Crippen LogP) is 2.55. The minimum atomic E-state index is -0.242. The largest absolute Gasteiger partial charge is 0.453 e. The fraction of sp³-hybridized carbons (Fsp3) is 0.556. The van der Waals surface area contributed by atoms with E-state index >= 15 is 0 Å². The van der Waals surface area contributed by atoms with Crippen LogP contribution in [0.4, 0.5) is 4.79 Å². The Labute approximate surface area is 167 Å². The van der Waals surface area contributed by atoms with Gasteiger partial charge in [-0.05, 0) is 31.7 Å². The highest BCUT2D eigenvalue weighted by Crippen LogP contribution is 2.11. The van der Waals surface area contributed by atoms with Crippen LogP contribution in [0.2, 0.25) is 0 Å². The first kappa shape index (κ1) is 21.5. The Bertz CT molecular complexity index is 555. The number of benzene rings is 1. The molecule has 0 spiro atoms. The molecule has 140 valence electrons. The number of methoxy groups -OCH3 is 1. The van der Waals surface area contributed by atoms with Gasteiger partial charge in [-0.15, -0.1) is 24.0 Å². The van der Waals surface area contributed by atoms with Crippen molar-refractivity contribution in [1.29, 1.82) is 0 Å². The third-order valence-electron chi connectivity index (χ3n) is 4.32. The molecule has 1 fully saturated rings. The molecule has 0 aliphatic carbocycles. The number of hydrogen-bond acceptors (Lipinski definition) is 3. The molecular formula is C18H29IN4O2. The maximum Gasteiger partial charge on any atom is 0.409 e. The second-order valence-corrected chi connectivity index (χ2v) is 6.11. The van der Waals surface area contributed by atoms with Crippen LogP contribution in [0.5, 0.6) is 0 Å². The zero-order chi connectivity index (χ0) is 17.4. The van der Waals surface area contributed by atoms with Crippen LogP contribution < -0.4 is 10.6 Å². The Morgan fingerprint density at radius 1 is 1.28 bits per heavy atom. The van der Waals surface area contributed by atoms with E-state index in [2.05, 4.69) is 46.8 Å². The molecule has 1 aromatic carbocycles. The summed E-state index contributed by atoms with van der Waals surface area (Å²) in [5.74, 6) is 0.818. The number of likely N-dealkylation sites (tertiary alicyclic amines) is 1. The van der Waals surface area contributed by atoms with Crippen LogP contribution in [-0.2, 0) is 11.2 Å². The van der Waals surface area contributed by atoms with Crippen molar-refractivity contribution in [3.05, 3.63) is 35.4 Å². The number of rotatable bonds is 4. The van der Waals surface area contributed by atoms with Crippen LogP contribution in [0.3, 0.4) is 0 Å². The molecule has 1 saturated heterocycles. The second-order valence-electron chi connectivity index (χ2n) is 6.11. The van der Waals surface area contributed by atoms with Gasteiger partial charge in [0.25, 0.3) is 0 Å². The van der Waals surface area contributed by atoms with Gasteiger partial charge in [-0.1, -0.05) is 29.8 Å². The van der Waals surface area contributed by atoms with Crippen LogP contribution in [0.1, 0.15) is 24.0 Å². The van der Waals surface area contributed by atoms with Crippen molar-refractivity contribution in [1.82, 2.24) is 15.5 Å². The minimum Gasteiger partial charge on any atom is -0.453 e. The number of aryl methyl sites for hydroxylation is 1. The van der Waals surface area contributed by atoms with Crippen molar-refractivity contribution in [2.45, 2.75) is 32.2 Å². The number of aliphatic imine (C=N–C) groups is 1. The molecule has 2 N–H and O–H groups in total. The highest BCUT2D eigenvalue weighted by Gasteiger charge is 2.23. The Hall–Kier alpha value is -1.51. The molecule has 1 heterocycles. The lowest BCUT2D eigenvalue weighted by molar-refractivity contribution is 0.111. The molecule has 6 nitrogen and oxygen atoms in total. The zero-order valence-corrected chi connectivity index (χ0v) is 17.6. The molecule has 1 amide bonds. The summed E-state index contributed by atoms with van der Waals surface area (Å²) in [6.07, 6.45) is 2.51. The van der Waals surface area contributed by atoms with Gasteiger partial charge in [0.1, 0.15) is 0 Å². The molecule has 7 heteroatoms. The second kappa shape index (κ2) is 11.2. The van der Waals surface area contributed by atoms with Gasteiger partial charge in [0, 0.05) is 32.7 Å². The van der Waals surface area contributed by atoms with E-state index in [0.29, 0.717) is 19.1 Å². The lowest BCUT2D eigenvalue weighted by Gasteiger charge is -2.32. The van der Waals surface area contributed by atoms with Crippen molar-refractivity contribution in [3.63, 3.8) is 0 Å². The highest BCUT2D eigenvalue weighted by molar-refractivity contribution is 14.0. The van der Waals surface area contributed by atoms with Gasteiger partial charge in [-0.3, -0.25) is 4.99 Å². The highest BCUT2D eigenvalue weighted by atomic mass is 127. The standard InChI is InChI=1S/C18H28N4O2.HI/c1-14-4-6-15(7-5-14)8-11-20-17(19-2)21-16-9-12-22(13-10-16)18(23)24-3;/h4-7,16H,8-13H2,1-3H3,(H2,19,20,21);1H. The van der Waals surface area contributed by atoms with E-state index in [-0.39, 0.29) is 30.1 Å². The summed E-state index contributed by atoms with van der Waals surface area (Å²) in [7, 11) is 3.21. The fourth-order valence-electron chi connectivity index (χ4n) is 2.80. The number of piperidine rings is 1. The van der Waals surface area contributed by atoms with Crippen LogP contribution in [0, 0.1) is 6.92 Å². The number of nitrogens with one attached hydrogen (secondary N) is 2. The number of carbonyl (C=O) groups is 1. The minimum absolute atomic E-state index is 0. The molecule has 1 aliphatic rings. The Morgan fingerprint density at radius 3 is 2.48 bits per heavy atom. The number of halogens is 1. The first-order valence-electron chi connectivity index (χ1n) is 8.48.